The maximum absolute atomic E-state index is 9.07. The van der Waals surface area contributed by atoms with E-state index in [1.165, 1.54) is 0 Å². The fraction of sp³-hybridized carbons (Fsp3) is 0.400. The number of aliphatic hydroxyl groups is 1. The van der Waals surface area contributed by atoms with Crippen LogP contribution in [0.1, 0.15) is 12.5 Å². The molecule has 0 bridgehead atoms. The topological polar surface area (TPSA) is 36.8 Å². The highest BCUT2D eigenvalue weighted by molar-refractivity contribution is 6.35. The molecular formula is C10H14Cl2NO+. The zero-order chi connectivity index (χ0) is 10.6. The summed E-state index contributed by atoms with van der Waals surface area (Å²) in [7, 11) is 0. The van der Waals surface area contributed by atoms with Crippen LogP contribution >= 0.6 is 23.2 Å². The lowest BCUT2D eigenvalue weighted by Crippen LogP contribution is -2.84. The monoisotopic (exact) mass is 234 g/mol. The van der Waals surface area contributed by atoms with Gasteiger partial charge in [-0.25, -0.2) is 0 Å². The van der Waals surface area contributed by atoms with E-state index in [4.69, 9.17) is 28.3 Å². The van der Waals surface area contributed by atoms with E-state index in [-0.39, 0.29) is 6.10 Å². The van der Waals surface area contributed by atoms with Crippen molar-refractivity contribution >= 4 is 23.2 Å². The van der Waals surface area contributed by atoms with Crippen LogP contribution < -0.4 is 5.32 Å². The summed E-state index contributed by atoms with van der Waals surface area (Å²) in [6.45, 7) is 3.11. The van der Waals surface area contributed by atoms with Gasteiger partial charge in [0.2, 0.25) is 0 Å². The first-order valence-electron chi connectivity index (χ1n) is 4.54. The summed E-state index contributed by atoms with van der Waals surface area (Å²) in [5.41, 5.74) is 0.927. The first-order chi connectivity index (χ1) is 6.61. The molecule has 0 fully saturated rings. The summed E-state index contributed by atoms with van der Waals surface area (Å²) < 4.78 is 0. The van der Waals surface area contributed by atoms with Crippen molar-refractivity contribution in [2.24, 2.45) is 0 Å². The summed E-state index contributed by atoms with van der Waals surface area (Å²) in [6.07, 6.45) is -0.309. The van der Waals surface area contributed by atoms with Crippen molar-refractivity contribution in [3.05, 3.63) is 33.8 Å². The van der Waals surface area contributed by atoms with Crippen LogP contribution in [0, 0.1) is 0 Å². The average molecular weight is 235 g/mol. The molecule has 0 aliphatic rings. The molecule has 0 aromatic heterocycles. The van der Waals surface area contributed by atoms with Crippen LogP contribution in [-0.4, -0.2) is 17.8 Å². The minimum Gasteiger partial charge on any atom is -0.388 e. The van der Waals surface area contributed by atoms with Gasteiger partial charge >= 0.3 is 0 Å². The van der Waals surface area contributed by atoms with Crippen molar-refractivity contribution in [3.8, 4) is 0 Å². The van der Waals surface area contributed by atoms with E-state index in [0.29, 0.717) is 23.1 Å². The normalized spacial score (nSPS) is 12.9. The van der Waals surface area contributed by atoms with Crippen LogP contribution in [0.3, 0.4) is 0 Å². The van der Waals surface area contributed by atoms with Crippen molar-refractivity contribution < 1.29 is 10.4 Å². The first kappa shape index (κ1) is 11.8. The molecule has 1 aromatic rings. The average Bonchev–Trinajstić information content (AvgIpc) is 2.09. The quantitative estimate of drug-likeness (QED) is 0.814. The lowest BCUT2D eigenvalue weighted by atomic mass is 10.2. The van der Waals surface area contributed by atoms with E-state index in [2.05, 4.69) is 0 Å². The van der Waals surface area contributed by atoms with Gasteiger partial charge in [0, 0.05) is 5.56 Å². The Morgan fingerprint density at radius 2 is 1.93 bits per heavy atom. The maximum atomic E-state index is 9.07. The van der Waals surface area contributed by atoms with Gasteiger partial charge in [0.1, 0.15) is 13.1 Å². The van der Waals surface area contributed by atoms with Gasteiger partial charge in [0.05, 0.1) is 16.1 Å². The molecule has 0 amide bonds. The van der Waals surface area contributed by atoms with Gasteiger partial charge < -0.3 is 10.4 Å². The Morgan fingerprint density at radius 1 is 1.36 bits per heavy atom. The van der Waals surface area contributed by atoms with Crippen LogP contribution in [-0.2, 0) is 6.54 Å². The van der Waals surface area contributed by atoms with Crippen LogP contribution in [0.4, 0.5) is 0 Å². The van der Waals surface area contributed by atoms with Gasteiger partial charge in [-0.2, -0.15) is 0 Å². The zero-order valence-electron chi connectivity index (χ0n) is 8.00. The number of aliphatic hydroxyl groups excluding tert-OH is 1. The van der Waals surface area contributed by atoms with Gasteiger partial charge in [-0.15, -0.1) is 0 Å². The number of hydrogen-bond acceptors (Lipinski definition) is 1. The SMILES string of the molecule is C[C@H](O)C[NH2+]Cc1c(Cl)cccc1Cl. The third-order valence-corrected chi connectivity index (χ3v) is 2.63. The van der Waals surface area contributed by atoms with Crippen molar-refractivity contribution in [2.45, 2.75) is 19.6 Å². The Morgan fingerprint density at radius 3 is 2.43 bits per heavy atom. The second-order valence-electron chi connectivity index (χ2n) is 3.28. The number of hydrogen-bond donors (Lipinski definition) is 2. The number of nitrogens with two attached hydrogens (primary N) is 1. The minimum atomic E-state index is -0.309. The summed E-state index contributed by atoms with van der Waals surface area (Å²) in [5, 5.41) is 12.4. The molecule has 0 spiro atoms. The largest absolute Gasteiger partial charge is 0.388 e. The van der Waals surface area contributed by atoms with Gasteiger partial charge in [-0.05, 0) is 19.1 Å². The lowest BCUT2D eigenvalue weighted by Gasteiger charge is -2.07. The zero-order valence-corrected chi connectivity index (χ0v) is 9.52. The predicted octanol–water partition coefficient (Wildman–Crippen LogP) is 1.44. The van der Waals surface area contributed by atoms with Gasteiger partial charge in [0.25, 0.3) is 0 Å². The molecule has 1 aromatic carbocycles. The first-order valence-corrected chi connectivity index (χ1v) is 5.29. The number of benzene rings is 1. The Balaban J connectivity index is 2.58. The van der Waals surface area contributed by atoms with E-state index in [1.54, 1.807) is 6.92 Å². The highest BCUT2D eigenvalue weighted by Gasteiger charge is 2.07. The standard InChI is InChI=1S/C10H13Cl2NO/c1-7(14)5-13-6-8-9(11)3-2-4-10(8)12/h2-4,7,13-14H,5-6H2,1H3/p+1/t7-/m0/s1. The molecule has 0 radical (unpaired) electrons. The fourth-order valence-electron chi connectivity index (χ4n) is 1.20. The number of quaternary nitrogens is 1. The van der Waals surface area contributed by atoms with Crippen molar-refractivity contribution in [1.82, 2.24) is 0 Å². The molecule has 78 valence electrons. The molecule has 0 unspecified atom stereocenters. The van der Waals surface area contributed by atoms with Crippen molar-refractivity contribution in [2.75, 3.05) is 6.54 Å². The van der Waals surface area contributed by atoms with Crippen LogP contribution in [0.2, 0.25) is 10.0 Å². The van der Waals surface area contributed by atoms with Gasteiger partial charge in [0.15, 0.2) is 0 Å². The third-order valence-electron chi connectivity index (χ3n) is 1.92. The summed E-state index contributed by atoms with van der Waals surface area (Å²) in [6, 6.07) is 5.46. The Labute approximate surface area is 93.8 Å². The molecule has 0 aliphatic carbocycles. The maximum Gasteiger partial charge on any atom is 0.104 e. The summed E-state index contributed by atoms with van der Waals surface area (Å²) in [4.78, 5) is 0. The van der Waals surface area contributed by atoms with Crippen LogP contribution in [0.5, 0.6) is 0 Å². The fourth-order valence-corrected chi connectivity index (χ4v) is 1.75. The molecular weight excluding hydrogens is 221 g/mol. The van der Waals surface area contributed by atoms with Crippen molar-refractivity contribution in [1.29, 1.82) is 0 Å². The summed E-state index contributed by atoms with van der Waals surface area (Å²) in [5.74, 6) is 0. The molecule has 1 atom stereocenters. The van der Waals surface area contributed by atoms with Gasteiger partial charge in [-0.3, -0.25) is 0 Å². The third kappa shape index (κ3) is 3.46. The molecule has 14 heavy (non-hydrogen) atoms. The second kappa shape index (κ2) is 5.56. The molecule has 0 aliphatic heterocycles. The number of rotatable bonds is 4. The molecule has 0 saturated carbocycles. The molecule has 0 saturated heterocycles. The van der Waals surface area contributed by atoms with Crippen molar-refractivity contribution in [3.63, 3.8) is 0 Å². The van der Waals surface area contributed by atoms with E-state index >= 15 is 0 Å². The molecule has 2 nitrogen and oxygen atoms in total. The smallest absolute Gasteiger partial charge is 0.104 e. The predicted molar refractivity (Wildman–Crippen MR) is 58.6 cm³/mol. The minimum absolute atomic E-state index is 0.309. The van der Waals surface area contributed by atoms with E-state index in [0.717, 1.165) is 5.56 Å². The Hall–Kier alpha value is -0.280. The Bertz CT molecular complexity index is 282. The highest BCUT2D eigenvalue weighted by atomic mass is 35.5. The molecule has 0 heterocycles. The van der Waals surface area contributed by atoms with Gasteiger partial charge in [-0.1, -0.05) is 29.3 Å². The van der Waals surface area contributed by atoms with E-state index in [9.17, 15) is 0 Å². The second-order valence-corrected chi connectivity index (χ2v) is 4.09. The summed E-state index contributed by atoms with van der Waals surface area (Å²) >= 11 is 12.0. The molecule has 1 rings (SSSR count). The molecule has 3 N–H and O–H groups in total. The highest BCUT2D eigenvalue weighted by Crippen LogP contribution is 2.22. The van der Waals surface area contributed by atoms with E-state index < -0.39 is 0 Å². The van der Waals surface area contributed by atoms with Crippen LogP contribution in [0.15, 0.2) is 18.2 Å². The lowest BCUT2D eigenvalue weighted by molar-refractivity contribution is -0.676. The Kier molecular flexibility index (Phi) is 4.69. The molecule has 4 heteroatoms. The van der Waals surface area contributed by atoms with Crippen LogP contribution in [0.25, 0.3) is 0 Å². The van der Waals surface area contributed by atoms with E-state index in [1.807, 2.05) is 23.5 Å². The number of halogens is 2.